The highest BCUT2D eigenvalue weighted by atomic mass is 32.2. The van der Waals surface area contributed by atoms with E-state index in [1.54, 1.807) is 6.92 Å². The molecule has 0 heterocycles. The maximum atomic E-state index is 13.4. The fraction of sp³-hybridized carbons (Fsp3) is 0.500. The molecule has 0 bridgehead atoms. The molecule has 0 saturated heterocycles. The molecule has 3 N–H and O–H groups in total. The molecule has 5 nitrogen and oxygen atoms in total. The summed E-state index contributed by atoms with van der Waals surface area (Å²) in [7, 11) is -2.31. The molecule has 0 aliphatic rings. The van der Waals surface area contributed by atoms with Gasteiger partial charge < -0.3 is 10.8 Å². The van der Waals surface area contributed by atoms with Gasteiger partial charge in [-0.2, -0.15) is 0 Å². The van der Waals surface area contributed by atoms with Gasteiger partial charge in [0, 0.05) is 13.6 Å². The normalized spacial score (nSPS) is 13.8. The molecule has 0 spiro atoms. The Labute approximate surface area is 112 Å². The highest BCUT2D eigenvalue weighted by Crippen LogP contribution is 2.23. The number of hydrogen-bond acceptors (Lipinski definition) is 4. The molecule has 0 aliphatic carbocycles. The maximum absolute atomic E-state index is 13.4. The molecule has 0 aromatic heterocycles. The number of aliphatic hydroxyl groups excluding tert-OH is 1. The average molecular weight is 290 g/mol. The molecule has 1 aromatic carbocycles. The van der Waals surface area contributed by atoms with Gasteiger partial charge in [0.25, 0.3) is 0 Å². The van der Waals surface area contributed by atoms with E-state index in [1.807, 2.05) is 0 Å². The van der Waals surface area contributed by atoms with Crippen LogP contribution in [0.3, 0.4) is 0 Å². The number of sulfonamides is 1. The minimum absolute atomic E-state index is 0.0445. The topological polar surface area (TPSA) is 83.6 Å². The predicted molar refractivity (Wildman–Crippen MR) is 71.7 cm³/mol. The van der Waals surface area contributed by atoms with Gasteiger partial charge in [0.05, 0.1) is 16.7 Å². The molecule has 0 amide bonds. The number of halogens is 1. The lowest BCUT2D eigenvalue weighted by Gasteiger charge is -2.18. The van der Waals surface area contributed by atoms with E-state index in [4.69, 9.17) is 5.73 Å². The first-order chi connectivity index (χ1) is 8.66. The fourth-order valence-electron chi connectivity index (χ4n) is 1.58. The molecular weight excluding hydrogens is 271 g/mol. The summed E-state index contributed by atoms with van der Waals surface area (Å²) in [5.41, 5.74) is 5.43. The van der Waals surface area contributed by atoms with Gasteiger partial charge in [-0.25, -0.2) is 17.1 Å². The number of nitrogens with zero attached hydrogens (tertiary/aromatic N) is 1. The SMILES string of the molecule is Cc1cc(S(=O)(=O)N(C)CCC(C)O)cc(N)c1F. The first-order valence-electron chi connectivity index (χ1n) is 5.86. The zero-order chi connectivity index (χ0) is 14.8. The van der Waals surface area contributed by atoms with Crippen LogP contribution in [0.1, 0.15) is 18.9 Å². The van der Waals surface area contributed by atoms with Gasteiger partial charge in [0.1, 0.15) is 5.82 Å². The lowest BCUT2D eigenvalue weighted by molar-refractivity contribution is 0.177. The number of anilines is 1. The summed E-state index contributed by atoms with van der Waals surface area (Å²) in [5.74, 6) is -0.606. The molecular formula is C12H19FN2O3S. The highest BCUT2D eigenvalue weighted by Gasteiger charge is 2.22. The summed E-state index contributed by atoms with van der Waals surface area (Å²) in [4.78, 5) is -0.0445. The van der Waals surface area contributed by atoms with Crippen molar-refractivity contribution >= 4 is 15.7 Å². The van der Waals surface area contributed by atoms with Crippen LogP contribution in [-0.4, -0.2) is 37.5 Å². The Morgan fingerprint density at radius 2 is 2.05 bits per heavy atom. The Morgan fingerprint density at radius 1 is 1.47 bits per heavy atom. The third-order valence-electron chi connectivity index (χ3n) is 2.83. The summed E-state index contributed by atoms with van der Waals surface area (Å²) >= 11 is 0. The first-order valence-corrected chi connectivity index (χ1v) is 7.30. The van der Waals surface area contributed by atoms with E-state index in [2.05, 4.69) is 0 Å². The summed E-state index contributed by atoms with van der Waals surface area (Å²) in [6.45, 7) is 3.22. The van der Waals surface area contributed by atoms with Gasteiger partial charge in [-0.15, -0.1) is 0 Å². The molecule has 1 aromatic rings. The minimum atomic E-state index is -3.72. The van der Waals surface area contributed by atoms with Crippen LogP contribution in [-0.2, 0) is 10.0 Å². The van der Waals surface area contributed by atoms with Crippen molar-refractivity contribution in [3.63, 3.8) is 0 Å². The van der Waals surface area contributed by atoms with Crippen molar-refractivity contribution in [1.29, 1.82) is 0 Å². The Hall–Kier alpha value is -1.18. The quantitative estimate of drug-likeness (QED) is 0.796. The van der Waals surface area contributed by atoms with E-state index >= 15 is 0 Å². The third-order valence-corrected chi connectivity index (χ3v) is 4.66. The summed E-state index contributed by atoms with van der Waals surface area (Å²) < 4.78 is 39.0. The molecule has 7 heteroatoms. The summed E-state index contributed by atoms with van der Waals surface area (Å²) in [5, 5.41) is 9.17. The van der Waals surface area contributed by atoms with Crippen LogP contribution in [0, 0.1) is 12.7 Å². The Balaban J connectivity index is 3.07. The molecule has 0 aliphatic heterocycles. The number of aliphatic hydroxyl groups is 1. The van der Waals surface area contributed by atoms with E-state index in [1.165, 1.54) is 20.0 Å². The second kappa shape index (κ2) is 5.85. The maximum Gasteiger partial charge on any atom is 0.242 e. The minimum Gasteiger partial charge on any atom is -0.396 e. The zero-order valence-corrected chi connectivity index (χ0v) is 12.0. The van der Waals surface area contributed by atoms with Crippen molar-refractivity contribution in [3.05, 3.63) is 23.5 Å². The van der Waals surface area contributed by atoms with Gasteiger partial charge in [-0.3, -0.25) is 0 Å². The zero-order valence-electron chi connectivity index (χ0n) is 11.2. The smallest absolute Gasteiger partial charge is 0.242 e. The largest absolute Gasteiger partial charge is 0.396 e. The first kappa shape index (κ1) is 15.9. The van der Waals surface area contributed by atoms with E-state index in [9.17, 15) is 17.9 Å². The number of nitrogens with two attached hydrogens (primary N) is 1. The second-order valence-corrected chi connectivity index (χ2v) is 6.65. The summed E-state index contributed by atoms with van der Waals surface area (Å²) in [6.07, 6.45) is -0.261. The third kappa shape index (κ3) is 3.65. The van der Waals surface area contributed by atoms with Crippen molar-refractivity contribution in [2.75, 3.05) is 19.3 Å². The number of nitrogen functional groups attached to an aromatic ring is 1. The van der Waals surface area contributed by atoms with Gasteiger partial charge >= 0.3 is 0 Å². The van der Waals surface area contributed by atoms with Crippen LogP contribution in [0.15, 0.2) is 17.0 Å². The van der Waals surface area contributed by atoms with Crippen molar-refractivity contribution in [2.45, 2.75) is 31.3 Å². The standard InChI is InChI=1S/C12H19FN2O3S/c1-8-6-10(7-11(14)12(8)13)19(17,18)15(3)5-4-9(2)16/h6-7,9,16H,4-5,14H2,1-3H3. The predicted octanol–water partition coefficient (Wildman–Crippen LogP) is 1.11. The lowest BCUT2D eigenvalue weighted by Crippen LogP contribution is -2.29. The van der Waals surface area contributed by atoms with E-state index in [0.29, 0.717) is 6.42 Å². The van der Waals surface area contributed by atoms with Crippen LogP contribution < -0.4 is 5.73 Å². The second-order valence-electron chi connectivity index (χ2n) is 4.61. The molecule has 0 saturated carbocycles. The van der Waals surface area contributed by atoms with Crippen LogP contribution in [0.4, 0.5) is 10.1 Å². The lowest BCUT2D eigenvalue weighted by atomic mass is 10.2. The van der Waals surface area contributed by atoms with E-state index in [0.717, 1.165) is 10.4 Å². The number of rotatable bonds is 5. The number of aryl methyl sites for hydroxylation is 1. The average Bonchev–Trinajstić information content (AvgIpc) is 2.31. The van der Waals surface area contributed by atoms with Crippen LogP contribution in [0.2, 0.25) is 0 Å². The monoisotopic (exact) mass is 290 g/mol. The van der Waals surface area contributed by atoms with Crippen molar-refractivity contribution in [1.82, 2.24) is 4.31 Å². The van der Waals surface area contributed by atoms with Crippen LogP contribution >= 0.6 is 0 Å². The number of benzene rings is 1. The van der Waals surface area contributed by atoms with Crippen molar-refractivity contribution in [2.24, 2.45) is 0 Å². The van der Waals surface area contributed by atoms with Crippen molar-refractivity contribution < 1.29 is 17.9 Å². The molecule has 108 valence electrons. The Bertz CT molecular complexity index is 535. The highest BCUT2D eigenvalue weighted by molar-refractivity contribution is 7.89. The van der Waals surface area contributed by atoms with Gasteiger partial charge in [-0.1, -0.05) is 0 Å². The van der Waals surface area contributed by atoms with Crippen molar-refractivity contribution in [3.8, 4) is 0 Å². The van der Waals surface area contributed by atoms with Gasteiger partial charge in [0.2, 0.25) is 10.0 Å². The van der Waals surface area contributed by atoms with Gasteiger partial charge in [-0.05, 0) is 38.0 Å². The Morgan fingerprint density at radius 3 is 2.53 bits per heavy atom. The van der Waals surface area contributed by atoms with E-state index < -0.39 is 21.9 Å². The Kier molecular flexibility index (Phi) is 4.89. The van der Waals surface area contributed by atoms with Crippen LogP contribution in [0.5, 0.6) is 0 Å². The molecule has 1 atom stereocenters. The molecule has 0 radical (unpaired) electrons. The molecule has 1 unspecified atom stereocenters. The molecule has 19 heavy (non-hydrogen) atoms. The van der Waals surface area contributed by atoms with Gasteiger partial charge in [0.15, 0.2) is 0 Å². The fourth-order valence-corrected chi connectivity index (χ4v) is 2.89. The summed E-state index contributed by atoms with van der Waals surface area (Å²) in [6, 6.07) is 2.36. The molecule has 1 rings (SSSR count). The van der Waals surface area contributed by atoms with Crippen LogP contribution in [0.25, 0.3) is 0 Å². The molecule has 0 fully saturated rings. The number of hydrogen-bond donors (Lipinski definition) is 2. The van der Waals surface area contributed by atoms with E-state index in [-0.39, 0.29) is 22.7 Å².